The number of aromatic amines is 1. The minimum Gasteiger partial charge on any atom is -0.349 e. The third-order valence-corrected chi connectivity index (χ3v) is 3.58. The number of carbonyl (C=O) groups excluding carboxylic acids is 2. The van der Waals surface area contributed by atoms with Crippen molar-refractivity contribution >= 4 is 11.9 Å². The van der Waals surface area contributed by atoms with Crippen LogP contribution in [0.4, 0.5) is 9.18 Å². The molecule has 0 saturated carbocycles. The number of aromatic nitrogens is 2. The van der Waals surface area contributed by atoms with Gasteiger partial charge in [0, 0.05) is 31.7 Å². The summed E-state index contributed by atoms with van der Waals surface area (Å²) in [5.41, 5.74) is 0.942. The highest BCUT2D eigenvalue weighted by Crippen LogP contribution is 2.20. The maximum absolute atomic E-state index is 13.7. The van der Waals surface area contributed by atoms with Gasteiger partial charge >= 0.3 is 6.03 Å². The monoisotopic (exact) mass is 317 g/mol. The lowest BCUT2D eigenvalue weighted by Gasteiger charge is -2.13. The second kappa shape index (κ2) is 6.47. The molecule has 1 saturated heterocycles. The summed E-state index contributed by atoms with van der Waals surface area (Å²) in [6.45, 7) is 2.03. The zero-order valence-electron chi connectivity index (χ0n) is 12.3. The fourth-order valence-corrected chi connectivity index (χ4v) is 2.37. The Balaban J connectivity index is 1.58. The number of nitrogens with zero attached hydrogens (tertiary/aromatic N) is 2. The van der Waals surface area contributed by atoms with E-state index in [-0.39, 0.29) is 17.6 Å². The molecule has 0 bridgehead atoms. The lowest BCUT2D eigenvalue weighted by atomic mass is 10.1. The molecule has 2 aromatic rings. The predicted octanol–water partition coefficient (Wildman–Crippen LogP) is 0.971. The summed E-state index contributed by atoms with van der Waals surface area (Å²) in [5.74, 6) is -0.745. The van der Waals surface area contributed by atoms with Gasteiger partial charge in [0.05, 0.1) is 5.69 Å². The molecule has 7 nitrogen and oxygen atoms in total. The molecule has 0 unspecified atom stereocenters. The van der Waals surface area contributed by atoms with Gasteiger partial charge in [-0.25, -0.2) is 9.18 Å². The molecule has 8 heteroatoms. The standard InChI is InChI=1S/C15H16FN5O2/c16-11-4-2-1-3-10(11)12-9-13(20-19-12)14(22)17-5-7-21-8-6-18-15(21)23/h1-4,9H,5-8H2,(H,17,22)(H,18,23)(H,19,20). The summed E-state index contributed by atoms with van der Waals surface area (Å²) in [5, 5.41) is 12.0. The number of rotatable bonds is 5. The van der Waals surface area contributed by atoms with E-state index in [9.17, 15) is 14.0 Å². The number of nitrogens with one attached hydrogen (secondary N) is 3. The SMILES string of the molecule is O=C(NCCN1CCNC1=O)c1cc(-c2ccccc2F)n[nH]1. The van der Waals surface area contributed by atoms with Crippen molar-refractivity contribution in [2.24, 2.45) is 0 Å². The van der Waals surface area contributed by atoms with Crippen LogP contribution in [0.3, 0.4) is 0 Å². The smallest absolute Gasteiger partial charge is 0.317 e. The van der Waals surface area contributed by atoms with Gasteiger partial charge in [-0.1, -0.05) is 12.1 Å². The van der Waals surface area contributed by atoms with E-state index in [4.69, 9.17) is 0 Å². The van der Waals surface area contributed by atoms with Crippen LogP contribution in [-0.2, 0) is 0 Å². The van der Waals surface area contributed by atoms with Crippen LogP contribution in [-0.4, -0.2) is 53.2 Å². The topological polar surface area (TPSA) is 90.1 Å². The molecule has 1 aliphatic heterocycles. The predicted molar refractivity (Wildman–Crippen MR) is 81.3 cm³/mol. The normalized spacial score (nSPS) is 14.0. The number of benzene rings is 1. The number of amides is 3. The first-order valence-electron chi connectivity index (χ1n) is 7.26. The Morgan fingerprint density at radius 2 is 2.22 bits per heavy atom. The van der Waals surface area contributed by atoms with Crippen molar-refractivity contribution in [2.45, 2.75) is 0 Å². The lowest BCUT2D eigenvalue weighted by molar-refractivity contribution is 0.0945. The summed E-state index contributed by atoms with van der Waals surface area (Å²) < 4.78 is 13.7. The Kier molecular flexibility index (Phi) is 4.22. The molecule has 3 N–H and O–H groups in total. The van der Waals surface area contributed by atoms with Crippen LogP contribution in [0.2, 0.25) is 0 Å². The zero-order chi connectivity index (χ0) is 16.2. The summed E-state index contributed by atoms with van der Waals surface area (Å²) in [7, 11) is 0. The fourth-order valence-electron chi connectivity index (χ4n) is 2.37. The summed E-state index contributed by atoms with van der Waals surface area (Å²) in [6.07, 6.45) is 0. The number of hydrogen-bond acceptors (Lipinski definition) is 3. The van der Waals surface area contributed by atoms with Crippen molar-refractivity contribution in [1.29, 1.82) is 0 Å². The summed E-state index contributed by atoms with van der Waals surface area (Å²) in [6, 6.07) is 7.60. The zero-order valence-corrected chi connectivity index (χ0v) is 12.3. The highest BCUT2D eigenvalue weighted by Gasteiger charge is 2.19. The Labute approximate surface area is 131 Å². The van der Waals surface area contributed by atoms with E-state index >= 15 is 0 Å². The molecule has 1 aromatic carbocycles. The Morgan fingerprint density at radius 3 is 2.96 bits per heavy atom. The molecule has 0 radical (unpaired) electrons. The molecule has 23 heavy (non-hydrogen) atoms. The van der Waals surface area contributed by atoms with Gasteiger partial charge in [0.25, 0.3) is 5.91 Å². The highest BCUT2D eigenvalue weighted by atomic mass is 19.1. The molecule has 1 aliphatic rings. The maximum Gasteiger partial charge on any atom is 0.317 e. The van der Waals surface area contributed by atoms with Gasteiger partial charge in [-0.2, -0.15) is 5.10 Å². The number of hydrogen-bond donors (Lipinski definition) is 3. The number of urea groups is 1. The second-order valence-electron chi connectivity index (χ2n) is 5.12. The highest BCUT2D eigenvalue weighted by molar-refractivity contribution is 5.93. The van der Waals surface area contributed by atoms with Crippen LogP contribution >= 0.6 is 0 Å². The molecule has 1 aromatic heterocycles. The van der Waals surface area contributed by atoms with Crippen LogP contribution in [0.1, 0.15) is 10.5 Å². The molecule has 3 amide bonds. The molecule has 0 aliphatic carbocycles. The molecule has 0 atom stereocenters. The number of carbonyl (C=O) groups is 2. The number of halogens is 1. The Hall–Kier alpha value is -2.90. The van der Waals surface area contributed by atoms with E-state index in [1.807, 2.05) is 0 Å². The maximum atomic E-state index is 13.7. The molecule has 1 fully saturated rings. The molecule has 3 rings (SSSR count). The number of H-pyrrole nitrogens is 1. The van der Waals surface area contributed by atoms with Gasteiger partial charge in [-0.15, -0.1) is 0 Å². The van der Waals surface area contributed by atoms with Gasteiger partial charge < -0.3 is 15.5 Å². The van der Waals surface area contributed by atoms with E-state index in [1.54, 1.807) is 23.1 Å². The fraction of sp³-hybridized carbons (Fsp3) is 0.267. The van der Waals surface area contributed by atoms with E-state index in [1.165, 1.54) is 12.1 Å². The van der Waals surface area contributed by atoms with Crippen molar-refractivity contribution in [3.8, 4) is 11.3 Å². The van der Waals surface area contributed by atoms with Crippen LogP contribution in [0.25, 0.3) is 11.3 Å². The molecule has 2 heterocycles. The average Bonchev–Trinajstić information content (AvgIpc) is 3.17. The summed E-state index contributed by atoms with van der Waals surface area (Å²) in [4.78, 5) is 25.0. The van der Waals surface area contributed by atoms with E-state index in [0.717, 1.165) is 0 Å². The quantitative estimate of drug-likeness (QED) is 0.767. The second-order valence-corrected chi connectivity index (χ2v) is 5.12. The average molecular weight is 317 g/mol. The third kappa shape index (κ3) is 3.31. The Bertz CT molecular complexity index is 730. The van der Waals surface area contributed by atoms with Gasteiger partial charge in [0.2, 0.25) is 0 Å². The van der Waals surface area contributed by atoms with Crippen LogP contribution < -0.4 is 10.6 Å². The van der Waals surface area contributed by atoms with E-state index in [2.05, 4.69) is 20.8 Å². The summed E-state index contributed by atoms with van der Waals surface area (Å²) >= 11 is 0. The van der Waals surface area contributed by atoms with Gasteiger partial charge in [0.15, 0.2) is 0 Å². The van der Waals surface area contributed by atoms with E-state index in [0.29, 0.717) is 37.4 Å². The van der Waals surface area contributed by atoms with Crippen molar-refractivity contribution in [2.75, 3.05) is 26.2 Å². The van der Waals surface area contributed by atoms with E-state index < -0.39 is 5.82 Å². The van der Waals surface area contributed by atoms with Crippen LogP contribution in [0.15, 0.2) is 30.3 Å². The molecule has 0 spiro atoms. The molecular weight excluding hydrogens is 301 g/mol. The van der Waals surface area contributed by atoms with Crippen LogP contribution in [0.5, 0.6) is 0 Å². The van der Waals surface area contributed by atoms with Gasteiger partial charge in [0.1, 0.15) is 11.5 Å². The van der Waals surface area contributed by atoms with Gasteiger partial charge in [-0.3, -0.25) is 9.89 Å². The van der Waals surface area contributed by atoms with Gasteiger partial charge in [-0.05, 0) is 18.2 Å². The first-order valence-corrected chi connectivity index (χ1v) is 7.26. The molecular formula is C15H16FN5O2. The Morgan fingerprint density at radius 1 is 1.39 bits per heavy atom. The lowest BCUT2D eigenvalue weighted by Crippen LogP contribution is -2.36. The largest absolute Gasteiger partial charge is 0.349 e. The minimum atomic E-state index is -0.397. The molecule has 120 valence electrons. The van der Waals surface area contributed by atoms with Crippen molar-refractivity contribution in [3.05, 3.63) is 41.8 Å². The third-order valence-electron chi connectivity index (χ3n) is 3.58. The minimum absolute atomic E-state index is 0.123. The van der Waals surface area contributed by atoms with Crippen LogP contribution in [0, 0.1) is 5.82 Å². The van der Waals surface area contributed by atoms with Crippen molar-refractivity contribution < 1.29 is 14.0 Å². The van der Waals surface area contributed by atoms with Crippen molar-refractivity contribution in [1.82, 2.24) is 25.7 Å². The first kappa shape index (κ1) is 15.0. The first-order chi connectivity index (χ1) is 11.1. The van der Waals surface area contributed by atoms with Crippen molar-refractivity contribution in [3.63, 3.8) is 0 Å².